The first-order valence-corrected chi connectivity index (χ1v) is 14.0. The second-order valence-electron chi connectivity index (χ2n) is 10.5. The molecule has 1 spiro atoms. The van der Waals surface area contributed by atoms with E-state index in [1.54, 1.807) is 6.07 Å². The predicted molar refractivity (Wildman–Crippen MR) is 125 cm³/mol. The van der Waals surface area contributed by atoms with Crippen LogP contribution in [-0.2, 0) is 10.0 Å². The summed E-state index contributed by atoms with van der Waals surface area (Å²) >= 11 is 0.716. The van der Waals surface area contributed by atoms with Gasteiger partial charge in [-0.15, -0.1) is 10.2 Å². The highest BCUT2D eigenvalue weighted by atomic mass is 32.2. The number of rotatable bonds is 6. The zero-order chi connectivity index (χ0) is 25.5. The van der Waals surface area contributed by atoms with Crippen molar-refractivity contribution in [3.05, 3.63) is 23.5 Å². The highest BCUT2D eigenvalue weighted by molar-refractivity contribution is 7.89. The minimum atomic E-state index is -3.90. The Bertz CT molecular complexity index is 1430. The summed E-state index contributed by atoms with van der Waals surface area (Å²) in [6, 6.07) is 1.55. The van der Waals surface area contributed by atoms with Crippen LogP contribution in [0.5, 0.6) is 0 Å². The van der Waals surface area contributed by atoms with Gasteiger partial charge in [0.2, 0.25) is 15.9 Å². The van der Waals surface area contributed by atoms with Crippen LogP contribution in [0.4, 0.5) is 23.2 Å². The smallest absolute Gasteiger partial charge is 0.291 e. The molecular formula is C22H24F4N6O2S2. The van der Waals surface area contributed by atoms with E-state index in [2.05, 4.69) is 19.9 Å². The fraction of sp³-hybridized carbons (Fsp3) is 0.591. The van der Waals surface area contributed by atoms with Crippen LogP contribution in [-0.4, -0.2) is 52.6 Å². The molecule has 2 aliphatic carbocycles. The number of alkyl halides is 4. The van der Waals surface area contributed by atoms with Crippen LogP contribution >= 0.6 is 11.3 Å². The van der Waals surface area contributed by atoms with Crippen molar-refractivity contribution >= 4 is 32.7 Å². The molecule has 3 aromatic rings. The standard InChI is InChI=1S/C22H24F4N6O2S2/c1-20(2-3-20)30-36(33,34)13-8-14(31-6-4-21(5-7-31)11-22(25,26)12-21)17-27-9-15(32(17)10-13)18-28-29-19(35-18)16(23)24/h8-10,16,30H,2-7,11-12H2,1H3. The Morgan fingerprint density at radius 3 is 2.39 bits per heavy atom. The summed E-state index contributed by atoms with van der Waals surface area (Å²) in [5, 5.41) is 7.15. The molecule has 8 nitrogen and oxygen atoms in total. The summed E-state index contributed by atoms with van der Waals surface area (Å²) in [5.41, 5.74) is 0.456. The largest absolute Gasteiger partial charge is 0.368 e. The average Bonchev–Trinajstić information content (AvgIpc) is 3.16. The van der Waals surface area contributed by atoms with E-state index in [1.807, 2.05) is 11.8 Å². The van der Waals surface area contributed by atoms with Gasteiger partial charge in [-0.25, -0.2) is 35.7 Å². The van der Waals surface area contributed by atoms with Crippen LogP contribution in [0.15, 0.2) is 23.4 Å². The fourth-order valence-corrected chi connectivity index (χ4v) is 7.49. The van der Waals surface area contributed by atoms with E-state index in [0.717, 1.165) is 12.8 Å². The molecule has 0 atom stereocenters. The lowest BCUT2D eigenvalue weighted by molar-refractivity contribution is -0.168. The Kier molecular flexibility index (Phi) is 5.24. The number of nitrogens with one attached hydrogen (secondary N) is 1. The van der Waals surface area contributed by atoms with Gasteiger partial charge in [0.1, 0.15) is 10.6 Å². The van der Waals surface area contributed by atoms with Gasteiger partial charge in [-0.1, -0.05) is 11.3 Å². The second-order valence-corrected chi connectivity index (χ2v) is 13.2. The van der Waals surface area contributed by atoms with Crippen LogP contribution in [0.1, 0.15) is 56.9 Å². The van der Waals surface area contributed by atoms with E-state index in [4.69, 9.17) is 0 Å². The first-order valence-electron chi connectivity index (χ1n) is 11.7. The SMILES string of the molecule is CC1(NS(=O)(=O)c2cc(N3CCC4(CC3)CC(F)(F)C4)c3ncc(-c4nnc(C(F)F)s4)n3c2)CC1. The molecule has 3 fully saturated rings. The lowest BCUT2D eigenvalue weighted by Gasteiger charge is -2.52. The fourth-order valence-electron chi connectivity index (χ4n) is 5.30. The quantitative estimate of drug-likeness (QED) is 0.455. The molecule has 14 heteroatoms. The Morgan fingerprint density at radius 1 is 1.11 bits per heavy atom. The van der Waals surface area contributed by atoms with Gasteiger partial charge in [-0.05, 0) is 44.1 Å². The number of pyridine rings is 1. The van der Waals surface area contributed by atoms with Gasteiger partial charge in [0.15, 0.2) is 15.7 Å². The van der Waals surface area contributed by atoms with Gasteiger partial charge < -0.3 is 4.90 Å². The van der Waals surface area contributed by atoms with Crippen molar-refractivity contribution in [2.45, 2.75) is 68.2 Å². The van der Waals surface area contributed by atoms with Crippen LogP contribution < -0.4 is 9.62 Å². The number of piperidine rings is 1. The maximum atomic E-state index is 13.6. The summed E-state index contributed by atoms with van der Waals surface area (Å²) in [6.07, 6.45) is 2.48. The number of fused-ring (bicyclic) bond motifs is 1. The topological polar surface area (TPSA) is 92.5 Å². The summed E-state index contributed by atoms with van der Waals surface area (Å²) in [7, 11) is -3.90. The molecule has 0 unspecified atom stereocenters. The van der Waals surface area contributed by atoms with Gasteiger partial charge in [0.05, 0.1) is 11.9 Å². The molecule has 2 saturated carbocycles. The predicted octanol–water partition coefficient (Wildman–Crippen LogP) is 4.64. The van der Waals surface area contributed by atoms with Crippen molar-refractivity contribution in [3.63, 3.8) is 0 Å². The molecule has 4 heterocycles. The second kappa shape index (κ2) is 7.84. The highest BCUT2D eigenvalue weighted by Crippen LogP contribution is 2.57. The monoisotopic (exact) mass is 544 g/mol. The van der Waals surface area contributed by atoms with Gasteiger partial charge in [-0.3, -0.25) is 4.40 Å². The van der Waals surface area contributed by atoms with E-state index >= 15 is 0 Å². The number of aromatic nitrogens is 4. The highest BCUT2D eigenvalue weighted by Gasteiger charge is 2.56. The van der Waals surface area contributed by atoms with Crippen molar-refractivity contribution in [2.75, 3.05) is 18.0 Å². The molecule has 0 amide bonds. The van der Waals surface area contributed by atoms with E-state index < -0.39 is 32.9 Å². The molecule has 3 aromatic heterocycles. The van der Waals surface area contributed by atoms with E-state index in [-0.39, 0.29) is 28.2 Å². The maximum Gasteiger partial charge on any atom is 0.291 e. The molecular weight excluding hydrogens is 520 g/mol. The van der Waals surface area contributed by atoms with Crippen LogP contribution in [0.25, 0.3) is 16.3 Å². The third-order valence-electron chi connectivity index (χ3n) is 7.53. The molecule has 194 valence electrons. The summed E-state index contributed by atoms with van der Waals surface area (Å²) in [4.78, 5) is 6.44. The molecule has 0 aromatic carbocycles. The van der Waals surface area contributed by atoms with Gasteiger partial charge in [0, 0.05) is 37.7 Å². The molecule has 1 N–H and O–H groups in total. The maximum absolute atomic E-state index is 13.6. The van der Waals surface area contributed by atoms with Crippen LogP contribution in [0.2, 0.25) is 0 Å². The molecule has 3 aliphatic rings. The zero-order valence-corrected chi connectivity index (χ0v) is 21.0. The summed E-state index contributed by atoms with van der Waals surface area (Å²) in [5.74, 6) is -2.61. The minimum absolute atomic E-state index is 0.00596. The Morgan fingerprint density at radius 2 is 1.81 bits per heavy atom. The summed E-state index contributed by atoms with van der Waals surface area (Å²) < 4.78 is 84.2. The lowest BCUT2D eigenvalue weighted by atomic mass is 9.61. The number of hydrogen-bond acceptors (Lipinski definition) is 7. The van der Waals surface area contributed by atoms with Crippen molar-refractivity contribution in [2.24, 2.45) is 5.41 Å². The molecule has 0 bridgehead atoms. The zero-order valence-electron chi connectivity index (χ0n) is 19.3. The molecule has 1 saturated heterocycles. The number of anilines is 1. The van der Waals surface area contributed by atoms with E-state index in [9.17, 15) is 26.0 Å². The number of hydrogen-bond donors (Lipinski definition) is 1. The normalized spacial score (nSPS) is 22.3. The van der Waals surface area contributed by atoms with Crippen molar-refractivity contribution in [1.82, 2.24) is 24.3 Å². The number of imidazole rings is 1. The first-order chi connectivity index (χ1) is 16.9. The Hall–Kier alpha value is -2.32. The summed E-state index contributed by atoms with van der Waals surface area (Å²) in [6.45, 7) is 2.80. The van der Waals surface area contributed by atoms with Gasteiger partial charge in [0.25, 0.3) is 6.43 Å². The van der Waals surface area contributed by atoms with Crippen molar-refractivity contribution in [3.8, 4) is 10.7 Å². The van der Waals surface area contributed by atoms with Crippen LogP contribution in [0, 0.1) is 5.41 Å². The molecule has 1 aliphatic heterocycles. The number of halogens is 4. The molecule has 6 rings (SSSR count). The van der Waals surface area contributed by atoms with Crippen LogP contribution in [0.3, 0.4) is 0 Å². The molecule has 36 heavy (non-hydrogen) atoms. The van der Waals surface area contributed by atoms with Crippen molar-refractivity contribution in [1.29, 1.82) is 0 Å². The first kappa shape index (κ1) is 24.0. The third kappa shape index (κ3) is 4.16. The average molecular weight is 545 g/mol. The third-order valence-corrected chi connectivity index (χ3v) is 10.1. The Balaban J connectivity index is 1.41. The minimum Gasteiger partial charge on any atom is -0.368 e. The number of nitrogens with zero attached hydrogens (tertiary/aromatic N) is 5. The van der Waals surface area contributed by atoms with Gasteiger partial charge >= 0.3 is 0 Å². The lowest BCUT2D eigenvalue weighted by Crippen LogP contribution is -2.52. The van der Waals surface area contributed by atoms with Gasteiger partial charge in [-0.2, -0.15) is 0 Å². The van der Waals surface area contributed by atoms with Crippen molar-refractivity contribution < 1.29 is 26.0 Å². The van der Waals surface area contributed by atoms with E-state index in [0.29, 0.717) is 54.3 Å². The Labute approximate surface area is 208 Å². The number of sulfonamides is 1. The molecule has 0 radical (unpaired) electrons. The van der Waals surface area contributed by atoms with E-state index in [1.165, 1.54) is 16.8 Å².